The number of hydrogen-bond acceptors (Lipinski definition) is 4. The van der Waals surface area contributed by atoms with Gasteiger partial charge in [0.1, 0.15) is 11.6 Å². The van der Waals surface area contributed by atoms with Gasteiger partial charge >= 0.3 is 0 Å². The second-order valence-electron chi connectivity index (χ2n) is 5.01. The number of nitrogens with zero attached hydrogens (tertiary/aromatic N) is 1. The fourth-order valence-electron chi connectivity index (χ4n) is 1.72. The van der Waals surface area contributed by atoms with E-state index in [1.165, 1.54) is 6.20 Å². The number of nitrogens with one attached hydrogen (secondary N) is 2. The Bertz CT molecular complexity index is 612. The van der Waals surface area contributed by atoms with Crippen LogP contribution in [0.25, 0.3) is 0 Å². The average molecular weight is 370 g/mol. The highest BCUT2D eigenvalue weighted by molar-refractivity contribution is 6.36. The zero-order chi connectivity index (χ0) is 17.8. The molecular formula is C17H21Cl2N3O2. The number of hydrogen-bond donors (Lipinski definition) is 2. The summed E-state index contributed by atoms with van der Waals surface area (Å²) in [5, 5.41) is 15.5. The fourth-order valence-corrected chi connectivity index (χ4v) is 2.19. The lowest BCUT2D eigenvalue weighted by atomic mass is 10.2. The van der Waals surface area contributed by atoms with E-state index in [0.717, 1.165) is 19.4 Å². The van der Waals surface area contributed by atoms with Gasteiger partial charge in [0.2, 0.25) is 0 Å². The first-order chi connectivity index (χ1) is 11.6. The van der Waals surface area contributed by atoms with Gasteiger partial charge in [-0.05, 0) is 31.0 Å². The van der Waals surface area contributed by atoms with Gasteiger partial charge in [-0.1, -0.05) is 36.5 Å². The summed E-state index contributed by atoms with van der Waals surface area (Å²) >= 11 is 11.8. The van der Waals surface area contributed by atoms with Crippen molar-refractivity contribution in [2.45, 2.75) is 26.2 Å². The van der Waals surface area contributed by atoms with Gasteiger partial charge in [0.05, 0.1) is 10.7 Å². The van der Waals surface area contributed by atoms with Crippen molar-refractivity contribution in [2.24, 2.45) is 0 Å². The molecule has 0 unspecified atom stereocenters. The Morgan fingerprint density at radius 1 is 1.33 bits per heavy atom. The Balaban J connectivity index is 2.41. The van der Waals surface area contributed by atoms with E-state index >= 15 is 0 Å². The SMILES string of the molecule is CCCCOCCCNC(=O)/C(C#N)=C\Nc1ccc(Cl)cc1Cl. The van der Waals surface area contributed by atoms with Crippen molar-refractivity contribution in [2.75, 3.05) is 25.1 Å². The number of amides is 1. The molecule has 1 amide bonds. The number of rotatable bonds is 10. The van der Waals surface area contributed by atoms with Crippen molar-refractivity contribution in [1.29, 1.82) is 5.26 Å². The lowest BCUT2D eigenvalue weighted by Crippen LogP contribution is -2.26. The summed E-state index contributed by atoms with van der Waals surface area (Å²) in [6, 6.07) is 6.76. The molecule has 0 atom stereocenters. The lowest BCUT2D eigenvalue weighted by Gasteiger charge is -2.07. The van der Waals surface area contributed by atoms with Crippen molar-refractivity contribution in [3.63, 3.8) is 0 Å². The van der Waals surface area contributed by atoms with E-state index < -0.39 is 5.91 Å². The molecular weight excluding hydrogens is 349 g/mol. The van der Waals surface area contributed by atoms with Crippen LogP contribution in [0.15, 0.2) is 30.0 Å². The lowest BCUT2D eigenvalue weighted by molar-refractivity contribution is -0.117. The number of halogens is 2. The van der Waals surface area contributed by atoms with Crippen LogP contribution in [0.1, 0.15) is 26.2 Å². The predicted octanol–water partition coefficient (Wildman–Crippen LogP) is 4.14. The maximum Gasteiger partial charge on any atom is 0.263 e. The van der Waals surface area contributed by atoms with Crippen LogP contribution in [0.4, 0.5) is 5.69 Å². The van der Waals surface area contributed by atoms with Gasteiger partial charge in [-0.2, -0.15) is 5.26 Å². The molecule has 2 N–H and O–H groups in total. The molecule has 0 aliphatic rings. The molecule has 0 spiro atoms. The minimum absolute atomic E-state index is 0.0343. The molecule has 0 aliphatic heterocycles. The zero-order valence-electron chi connectivity index (χ0n) is 13.6. The summed E-state index contributed by atoms with van der Waals surface area (Å²) in [5.41, 5.74) is 0.527. The number of carbonyl (C=O) groups excluding carboxylic acids is 1. The standard InChI is InChI=1S/C17H21Cl2N3O2/c1-2-3-8-24-9-4-7-21-17(23)13(11-20)12-22-16-6-5-14(18)10-15(16)19/h5-6,10,12,22H,2-4,7-9H2,1H3,(H,21,23)/b13-12-. The number of nitriles is 1. The third-order valence-electron chi connectivity index (χ3n) is 3.06. The second kappa shape index (κ2) is 11.7. The molecule has 130 valence electrons. The predicted molar refractivity (Wildman–Crippen MR) is 97.1 cm³/mol. The molecule has 0 bridgehead atoms. The van der Waals surface area contributed by atoms with Gasteiger partial charge in [-0.3, -0.25) is 4.79 Å². The third-order valence-corrected chi connectivity index (χ3v) is 3.61. The summed E-state index contributed by atoms with van der Waals surface area (Å²) in [4.78, 5) is 11.9. The smallest absolute Gasteiger partial charge is 0.263 e. The van der Waals surface area contributed by atoms with Crippen molar-refractivity contribution in [1.82, 2.24) is 5.32 Å². The van der Waals surface area contributed by atoms with Crippen LogP contribution >= 0.6 is 23.2 Å². The fraction of sp³-hybridized carbons (Fsp3) is 0.412. The first kappa shape index (κ1) is 20.3. The Morgan fingerprint density at radius 2 is 2.08 bits per heavy atom. The van der Waals surface area contributed by atoms with Crippen LogP contribution in [0.2, 0.25) is 10.0 Å². The van der Waals surface area contributed by atoms with Crippen LogP contribution in [-0.2, 0) is 9.53 Å². The van der Waals surface area contributed by atoms with Gasteiger partial charge < -0.3 is 15.4 Å². The summed E-state index contributed by atoms with van der Waals surface area (Å²) < 4.78 is 5.40. The van der Waals surface area contributed by atoms with E-state index in [0.29, 0.717) is 35.3 Å². The molecule has 5 nitrogen and oxygen atoms in total. The summed E-state index contributed by atoms with van der Waals surface area (Å²) in [6.45, 7) is 3.88. The van der Waals surface area contributed by atoms with Gasteiger partial charge in [0, 0.05) is 31.0 Å². The molecule has 0 fully saturated rings. The Kier molecular flexibility index (Phi) is 9.94. The monoisotopic (exact) mass is 369 g/mol. The van der Waals surface area contributed by atoms with Gasteiger partial charge in [-0.25, -0.2) is 0 Å². The van der Waals surface area contributed by atoms with E-state index in [9.17, 15) is 4.79 Å². The number of anilines is 1. The van der Waals surface area contributed by atoms with Crippen molar-refractivity contribution in [3.8, 4) is 6.07 Å². The Labute approximate surface area is 152 Å². The molecule has 1 rings (SSSR count). The molecule has 0 saturated carbocycles. The van der Waals surface area contributed by atoms with Crippen molar-refractivity contribution in [3.05, 3.63) is 40.0 Å². The summed E-state index contributed by atoms with van der Waals surface area (Å²) in [6.07, 6.45) is 4.15. The van der Waals surface area contributed by atoms with Crippen LogP contribution in [0.3, 0.4) is 0 Å². The maximum absolute atomic E-state index is 11.9. The highest BCUT2D eigenvalue weighted by Gasteiger charge is 2.08. The van der Waals surface area contributed by atoms with E-state index in [4.69, 9.17) is 33.2 Å². The average Bonchev–Trinajstić information content (AvgIpc) is 2.56. The van der Waals surface area contributed by atoms with Crippen LogP contribution in [-0.4, -0.2) is 25.7 Å². The van der Waals surface area contributed by atoms with E-state index in [1.807, 2.05) is 6.07 Å². The summed E-state index contributed by atoms with van der Waals surface area (Å²) in [5.74, 6) is -0.441. The topological polar surface area (TPSA) is 74.1 Å². The van der Waals surface area contributed by atoms with Crippen LogP contribution in [0.5, 0.6) is 0 Å². The minimum atomic E-state index is -0.441. The van der Waals surface area contributed by atoms with Gasteiger partial charge in [0.25, 0.3) is 5.91 Å². The van der Waals surface area contributed by atoms with Crippen molar-refractivity contribution < 1.29 is 9.53 Å². The molecule has 0 saturated heterocycles. The van der Waals surface area contributed by atoms with E-state index in [1.54, 1.807) is 18.2 Å². The van der Waals surface area contributed by atoms with E-state index in [2.05, 4.69) is 17.6 Å². The number of carbonyl (C=O) groups is 1. The summed E-state index contributed by atoms with van der Waals surface area (Å²) in [7, 11) is 0. The first-order valence-corrected chi connectivity index (χ1v) is 8.52. The maximum atomic E-state index is 11.9. The second-order valence-corrected chi connectivity index (χ2v) is 5.86. The first-order valence-electron chi connectivity index (χ1n) is 7.76. The molecule has 0 aromatic heterocycles. The zero-order valence-corrected chi connectivity index (χ0v) is 15.1. The molecule has 1 aromatic rings. The molecule has 0 aliphatic carbocycles. The number of unbranched alkanes of at least 4 members (excludes halogenated alkanes) is 1. The molecule has 0 heterocycles. The van der Waals surface area contributed by atoms with Crippen molar-refractivity contribution >= 4 is 34.8 Å². The van der Waals surface area contributed by atoms with Gasteiger partial charge in [-0.15, -0.1) is 0 Å². The quantitative estimate of drug-likeness (QED) is 0.369. The van der Waals surface area contributed by atoms with Gasteiger partial charge in [0.15, 0.2) is 0 Å². The number of benzene rings is 1. The molecule has 24 heavy (non-hydrogen) atoms. The van der Waals surface area contributed by atoms with E-state index in [-0.39, 0.29) is 5.57 Å². The number of ether oxygens (including phenoxy) is 1. The minimum Gasteiger partial charge on any atom is -0.381 e. The Morgan fingerprint density at radius 3 is 2.75 bits per heavy atom. The molecule has 0 radical (unpaired) electrons. The highest BCUT2D eigenvalue weighted by atomic mass is 35.5. The third kappa shape index (κ3) is 7.69. The normalized spacial score (nSPS) is 11.0. The molecule has 7 heteroatoms. The van der Waals surface area contributed by atoms with Crippen LogP contribution in [0, 0.1) is 11.3 Å². The highest BCUT2D eigenvalue weighted by Crippen LogP contribution is 2.25. The Hall–Kier alpha value is -1.74. The largest absolute Gasteiger partial charge is 0.381 e. The van der Waals surface area contributed by atoms with Crippen LogP contribution < -0.4 is 10.6 Å². The molecule has 1 aromatic carbocycles.